The van der Waals surface area contributed by atoms with Crippen LogP contribution in [0.25, 0.3) is 11.1 Å². The maximum absolute atomic E-state index is 11.8. The number of piperazine rings is 1. The van der Waals surface area contributed by atoms with Crippen LogP contribution in [0.5, 0.6) is 5.75 Å². The Morgan fingerprint density at radius 2 is 1.93 bits per heavy atom. The minimum absolute atomic E-state index is 0.0881. The van der Waals surface area contributed by atoms with Gasteiger partial charge in [-0.25, -0.2) is 4.79 Å². The van der Waals surface area contributed by atoms with Crippen LogP contribution in [0.1, 0.15) is 46.4 Å². The number of hydrogen-bond acceptors (Lipinski definition) is 10. The third-order valence-corrected chi connectivity index (χ3v) is 7.74. The molecule has 3 aromatic rings. The predicted octanol–water partition coefficient (Wildman–Crippen LogP) is 1.65. The number of furan rings is 1. The van der Waals surface area contributed by atoms with Crippen molar-refractivity contribution in [2.75, 3.05) is 53.4 Å². The van der Waals surface area contributed by atoms with Gasteiger partial charge in [-0.1, -0.05) is 13.0 Å². The summed E-state index contributed by atoms with van der Waals surface area (Å²) in [5.41, 5.74) is 6.09. The van der Waals surface area contributed by atoms with Crippen molar-refractivity contribution in [3.63, 3.8) is 0 Å². The Bertz CT molecular complexity index is 1430. The highest BCUT2D eigenvalue weighted by molar-refractivity contribution is 6.04. The number of carbonyl (C=O) groups is 3. The van der Waals surface area contributed by atoms with Gasteiger partial charge in [-0.15, -0.1) is 0 Å². The van der Waals surface area contributed by atoms with Gasteiger partial charge in [-0.05, 0) is 36.7 Å². The second-order valence-electron chi connectivity index (χ2n) is 10.2. The second kappa shape index (κ2) is 12.2. The molecule has 0 saturated carbocycles. The molecule has 2 unspecified atom stereocenters. The topological polar surface area (TPSA) is 153 Å². The molecule has 218 valence electrons. The highest BCUT2D eigenvalue weighted by Gasteiger charge is 2.34. The van der Waals surface area contributed by atoms with E-state index in [1.165, 1.54) is 0 Å². The highest BCUT2D eigenvalue weighted by atomic mass is 16.5. The fraction of sp³-hybridized carbons (Fsp3) is 0.429. The lowest BCUT2D eigenvalue weighted by molar-refractivity contribution is -0.120. The first-order chi connectivity index (χ1) is 19.8. The maximum Gasteiger partial charge on any atom is 0.322 e. The van der Waals surface area contributed by atoms with Crippen LogP contribution in [0.2, 0.25) is 0 Å². The van der Waals surface area contributed by atoms with Gasteiger partial charge >= 0.3 is 6.03 Å². The van der Waals surface area contributed by atoms with Gasteiger partial charge in [-0.3, -0.25) is 24.8 Å². The number of likely N-dealkylation sites (N-methyl/N-ethyl adjacent to an activating group) is 2. The monoisotopic (exact) mass is 565 g/mol. The zero-order valence-electron chi connectivity index (χ0n) is 23.3. The third kappa shape index (κ3) is 6.03. The van der Waals surface area contributed by atoms with Crippen LogP contribution in [-0.4, -0.2) is 96.2 Å². The number of fused-ring (bicyclic) bond motifs is 2. The van der Waals surface area contributed by atoms with Gasteiger partial charge in [0, 0.05) is 63.2 Å². The van der Waals surface area contributed by atoms with Crippen molar-refractivity contribution in [2.24, 2.45) is 0 Å². The molecule has 1 aromatic carbocycles. The number of aromatic nitrogens is 1. The molecule has 2 atom stereocenters. The molecule has 2 fully saturated rings. The molecular formula is C28H35N7O6. The van der Waals surface area contributed by atoms with E-state index in [9.17, 15) is 19.6 Å². The van der Waals surface area contributed by atoms with E-state index in [4.69, 9.17) is 9.15 Å². The minimum Gasteiger partial charge on any atom is -0.497 e. The van der Waals surface area contributed by atoms with Gasteiger partial charge in [0.15, 0.2) is 11.6 Å². The molecule has 0 aliphatic carbocycles. The molecule has 0 radical (unpaired) electrons. The van der Waals surface area contributed by atoms with Crippen LogP contribution in [0.4, 0.5) is 4.79 Å². The van der Waals surface area contributed by atoms with Crippen molar-refractivity contribution in [1.29, 1.82) is 0 Å². The zero-order chi connectivity index (χ0) is 29.1. The molecule has 13 heteroatoms. The van der Waals surface area contributed by atoms with Gasteiger partial charge < -0.3 is 29.5 Å². The first-order valence-electron chi connectivity index (χ1n) is 13.6. The number of pyridine rings is 1. The number of nitrogens with one attached hydrogen (secondary N) is 3. The van der Waals surface area contributed by atoms with E-state index >= 15 is 0 Å². The standard InChI is InChI=1S/C17H22N6O4.C11H13NO2/c1-2-22-3-5-23(6-4-22)15(21-26)10-7-12-11(18-9-10)8-13(27-12)14-16(24)20-17(25)19-14;1-12-6-5-8-3-4-9(14-2)7-10(8)11(12)13/h7-9,14-15,21,26H,2-6H2,1H3,(H2,19,20,24,25);3-4,7H,5-6H2,1-2H3. The van der Waals surface area contributed by atoms with Crippen molar-refractivity contribution in [1.82, 2.24) is 35.8 Å². The van der Waals surface area contributed by atoms with Crippen molar-refractivity contribution in [2.45, 2.75) is 25.6 Å². The summed E-state index contributed by atoms with van der Waals surface area (Å²) in [6, 6.07) is 7.71. The summed E-state index contributed by atoms with van der Waals surface area (Å²) in [6.07, 6.45) is 2.21. The normalized spacial score (nSPS) is 20.2. The molecule has 2 saturated heterocycles. The van der Waals surface area contributed by atoms with E-state index in [1.54, 1.807) is 30.3 Å². The van der Waals surface area contributed by atoms with E-state index in [0.717, 1.165) is 68.1 Å². The molecular weight excluding hydrogens is 530 g/mol. The number of methoxy groups -OCH3 is 1. The van der Waals surface area contributed by atoms with Gasteiger partial charge in [0.25, 0.3) is 11.8 Å². The lowest BCUT2D eigenvalue weighted by Gasteiger charge is -2.38. The first-order valence-corrected chi connectivity index (χ1v) is 13.6. The van der Waals surface area contributed by atoms with Crippen molar-refractivity contribution >= 4 is 28.9 Å². The summed E-state index contributed by atoms with van der Waals surface area (Å²) in [4.78, 5) is 45.5. The maximum atomic E-state index is 11.8. The van der Waals surface area contributed by atoms with E-state index < -0.39 is 24.1 Å². The van der Waals surface area contributed by atoms with Crippen LogP contribution in [0.3, 0.4) is 0 Å². The fourth-order valence-electron chi connectivity index (χ4n) is 5.26. The summed E-state index contributed by atoms with van der Waals surface area (Å²) < 4.78 is 10.8. The SMILES string of the molecule is CCN1CCN(C(NO)c2cnc3cc(C4NC(=O)NC4=O)oc3c2)CC1.COc1ccc2c(c1)C(=O)N(C)CC2. The Labute approximate surface area is 237 Å². The van der Waals surface area contributed by atoms with Crippen LogP contribution >= 0.6 is 0 Å². The number of carbonyl (C=O) groups excluding carboxylic acids is 3. The van der Waals surface area contributed by atoms with Crippen LogP contribution in [0, 0.1) is 0 Å². The molecule has 0 spiro atoms. The van der Waals surface area contributed by atoms with E-state index in [0.29, 0.717) is 16.9 Å². The molecule has 4 N–H and O–H groups in total. The third-order valence-electron chi connectivity index (χ3n) is 7.74. The molecule has 3 aliphatic heterocycles. The van der Waals surface area contributed by atoms with Gasteiger partial charge in [0.1, 0.15) is 23.2 Å². The summed E-state index contributed by atoms with van der Waals surface area (Å²) in [5, 5.41) is 14.4. The summed E-state index contributed by atoms with van der Waals surface area (Å²) in [5.74, 6) is 0.698. The number of imide groups is 1. The number of ether oxygens (including phenoxy) is 1. The van der Waals surface area contributed by atoms with Crippen LogP contribution in [0.15, 0.2) is 40.9 Å². The average Bonchev–Trinajstić information content (AvgIpc) is 3.57. The van der Waals surface area contributed by atoms with Crippen molar-refractivity contribution in [3.05, 3.63) is 59.0 Å². The van der Waals surface area contributed by atoms with Gasteiger partial charge in [0.2, 0.25) is 0 Å². The number of urea groups is 1. The van der Waals surface area contributed by atoms with Gasteiger partial charge in [0.05, 0.1) is 7.11 Å². The molecule has 13 nitrogen and oxygen atoms in total. The summed E-state index contributed by atoms with van der Waals surface area (Å²) in [7, 11) is 3.43. The molecule has 3 aliphatic rings. The predicted molar refractivity (Wildman–Crippen MR) is 148 cm³/mol. The summed E-state index contributed by atoms with van der Waals surface area (Å²) >= 11 is 0. The number of hydrogen-bond donors (Lipinski definition) is 4. The lowest BCUT2D eigenvalue weighted by Crippen LogP contribution is -2.50. The molecule has 4 amide bonds. The Hall–Kier alpha value is -4.04. The number of amides is 4. The quantitative estimate of drug-likeness (QED) is 0.256. The smallest absolute Gasteiger partial charge is 0.322 e. The van der Waals surface area contributed by atoms with Crippen molar-refractivity contribution in [3.8, 4) is 5.75 Å². The summed E-state index contributed by atoms with van der Waals surface area (Å²) in [6.45, 7) is 7.47. The first kappa shape index (κ1) is 28.5. The van der Waals surface area contributed by atoms with Crippen LogP contribution < -0.4 is 20.9 Å². The molecule has 2 aromatic heterocycles. The number of benzene rings is 1. The average molecular weight is 566 g/mol. The molecule has 41 heavy (non-hydrogen) atoms. The number of rotatable bonds is 6. The Kier molecular flexibility index (Phi) is 8.49. The minimum atomic E-state index is -0.857. The highest BCUT2D eigenvalue weighted by Crippen LogP contribution is 2.28. The lowest BCUT2D eigenvalue weighted by atomic mass is 9.99. The second-order valence-corrected chi connectivity index (χ2v) is 10.2. The fourth-order valence-corrected chi connectivity index (χ4v) is 5.26. The van der Waals surface area contributed by atoms with Crippen molar-refractivity contribution < 1.29 is 28.7 Å². The molecule has 0 bridgehead atoms. The Morgan fingerprint density at radius 1 is 1.15 bits per heavy atom. The Balaban J connectivity index is 0.000000202. The zero-order valence-corrected chi connectivity index (χ0v) is 23.3. The number of hydroxylamine groups is 1. The molecule has 6 rings (SSSR count). The largest absolute Gasteiger partial charge is 0.497 e. The Morgan fingerprint density at radius 3 is 2.59 bits per heavy atom. The number of nitrogens with zero attached hydrogens (tertiary/aromatic N) is 4. The van der Waals surface area contributed by atoms with Gasteiger partial charge in [-0.2, -0.15) is 5.48 Å². The van der Waals surface area contributed by atoms with Crippen LogP contribution in [-0.2, 0) is 11.2 Å². The molecule has 5 heterocycles. The van der Waals surface area contributed by atoms with E-state index in [-0.39, 0.29) is 5.91 Å². The van der Waals surface area contributed by atoms with E-state index in [1.807, 2.05) is 25.2 Å². The van der Waals surface area contributed by atoms with E-state index in [2.05, 4.69) is 37.8 Å².